The molecule has 9 heteroatoms. The Labute approximate surface area is 168 Å². The highest BCUT2D eigenvalue weighted by atomic mass is 16.2. The Balaban J connectivity index is 1.64. The van der Waals surface area contributed by atoms with Gasteiger partial charge in [-0.3, -0.25) is 24.1 Å². The van der Waals surface area contributed by atoms with Crippen molar-refractivity contribution in [2.75, 3.05) is 17.2 Å². The molecule has 1 aromatic rings. The number of carbonyl (C=O) groups is 5. The van der Waals surface area contributed by atoms with Gasteiger partial charge in [-0.1, -0.05) is 19.8 Å². The summed E-state index contributed by atoms with van der Waals surface area (Å²) in [6.45, 7) is 2.82. The van der Waals surface area contributed by atoms with Gasteiger partial charge in [-0.2, -0.15) is 0 Å². The fraction of sp³-hybridized carbons (Fsp3) is 0.450. The van der Waals surface area contributed by atoms with E-state index in [1.54, 1.807) is 24.3 Å². The van der Waals surface area contributed by atoms with Crippen LogP contribution in [0.25, 0.3) is 0 Å². The van der Waals surface area contributed by atoms with E-state index in [1.165, 1.54) is 6.92 Å². The van der Waals surface area contributed by atoms with Crippen molar-refractivity contribution in [3.63, 3.8) is 0 Å². The number of nitrogens with one attached hydrogen (secondary N) is 2. The van der Waals surface area contributed by atoms with E-state index in [1.807, 2.05) is 6.92 Å². The van der Waals surface area contributed by atoms with E-state index in [0.717, 1.165) is 24.2 Å². The zero-order valence-electron chi connectivity index (χ0n) is 16.4. The van der Waals surface area contributed by atoms with Crippen LogP contribution in [0.15, 0.2) is 24.3 Å². The van der Waals surface area contributed by atoms with Crippen LogP contribution in [0.1, 0.15) is 39.5 Å². The average molecular weight is 400 g/mol. The number of anilines is 2. The van der Waals surface area contributed by atoms with Gasteiger partial charge in [0.25, 0.3) is 0 Å². The highest BCUT2D eigenvalue weighted by molar-refractivity contribution is 6.45. The second-order valence-corrected chi connectivity index (χ2v) is 7.48. The van der Waals surface area contributed by atoms with Gasteiger partial charge < -0.3 is 10.6 Å². The van der Waals surface area contributed by atoms with Gasteiger partial charge in [0, 0.05) is 24.3 Å². The summed E-state index contributed by atoms with van der Waals surface area (Å²) in [5, 5.41) is 5.19. The van der Waals surface area contributed by atoms with E-state index < -0.39 is 30.3 Å². The SMILES string of the molecule is CC(=O)Nc1ccc(NC(=O)CN2C(=O)C(=O)N([C@@H]3CCCC[C@H]3C)C2=O)cc1. The number of nitrogens with zero attached hydrogens (tertiary/aromatic N) is 2. The molecule has 1 aromatic carbocycles. The first-order chi connectivity index (χ1) is 13.8. The Hall–Kier alpha value is -3.23. The van der Waals surface area contributed by atoms with Crippen LogP contribution in [-0.2, 0) is 19.2 Å². The molecule has 0 aromatic heterocycles. The van der Waals surface area contributed by atoms with Gasteiger partial charge >= 0.3 is 17.8 Å². The highest BCUT2D eigenvalue weighted by Gasteiger charge is 2.49. The first kappa shape index (κ1) is 20.5. The third-order valence-electron chi connectivity index (χ3n) is 5.27. The molecule has 1 aliphatic carbocycles. The van der Waals surface area contributed by atoms with E-state index in [4.69, 9.17) is 0 Å². The fourth-order valence-electron chi connectivity index (χ4n) is 3.82. The second kappa shape index (κ2) is 8.42. The predicted molar refractivity (Wildman–Crippen MR) is 105 cm³/mol. The number of hydrogen-bond donors (Lipinski definition) is 2. The molecule has 6 amide bonds. The smallest absolute Gasteiger partial charge is 0.326 e. The number of hydrogen-bond acceptors (Lipinski definition) is 5. The van der Waals surface area contributed by atoms with E-state index in [-0.39, 0.29) is 17.9 Å². The van der Waals surface area contributed by atoms with Crippen LogP contribution >= 0.6 is 0 Å². The zero-order chi connectivity index (χ0) is 21.1. The molecule has 0 radical (unpaired) electrons. The van der Waals surface area contributed by atoms with Crippen molar-refractivity contribution in [1.82, 2.24) is 9.80 Å². The maximum atomic E-state index is 12.7. The standard InChI is InChI=1S/C20H24N4O5/c1-12-5-3-4-6-16(12)24-19(28)18(27)23(20(24)29)11-17(26)22-15-9-7-14(8-10-15)21-13(2)25/h7-10,12,16H,3-6,11H2,1-2H3,(H,21,25)(H,22,26)/t12-,16-/m1/s1. The Morgan fingerprint density at radius 2 is 1.55 bits per heavy atom. The first-order valence-electron chi connectivity index (χ1n) is 9.64. The summed E-state index contributed by atoms with van der Waals surface area (Å²) >= 11 is 0. The van der Waals surface area contributed by atoms with Crippen LogP contribution < -0.4 is 10.6 Å². The average Bonchev–Trinajstić information content (AvgIpc) is 2.87. The monoisotopic (exact) mass is 400 g/mol. The Bertz CT molecular complexity index is 851. The van der Waals surface area contributed by atoms with E-state index in [2.05, 4.69) is 10.6 Å². The molecule has 2 fully saturated rings. The lowest BCUT2D eigenvalue weighted by Crippen LogP contribution is -2.46. The number of amides is 6. The van der Waals surface area contributed by atoms with Crippen molar-refractivity contribution in [1.29, 1.82) is 0 Å². The van der Waals surface area contributed by atoms with E-state index in [0.29, 0.717) is 22.7 Å². The topological polar surface area (TPSA) is 116 Å². The summed E-state index contributed by atoms with van der Waals surface area (Å²) in [4.78, 5) is 62.5. The van der Waals surface area contributed by atoms with E-state index in [9.17, 15) is 24.0 Å². The third-order valence-corrected chi connectivity index (χ3v) is 5.27. The summed E-state index contributed by atoms with van der Waals surface area (Å²) in [5.74, 6) is -2.51. The molecule has 2 atom stereocenters. The Kier molecular flexibility index (Phi) is 5.95. The van der Waals surface area contributed by atoms with Crippen LogP contribution in [0.3, 0.4) is 0 Å². The molecule has 9 nitrogen and oxygen atoms in total. The number of benzene rings is 1. The van der Waals surface area contributed by atoms with Gasteiger partial charge in [0.2, 0.25) is 11.8 Å². The van der Waals surface area contributed by atoms with Crippen LogP contribution in [0.5, 0.6) is 0 Å². The lowest BCUT2D eigenvalue weighted by molar-refractivity contribution is -0.145. The highest BCUT2D eigenvalue weighted by Crippen LogP contribution is 2.31. The molecule has 2 N–H and O–H groups in total. The normalized spacial score (nSPS) is 22.1. The molecule has 3 rings (SSSR count). The number of rotatable bonds is 5. The molecule has 0 bridgehead atoms. The molecule has 2 aliphatic rings. The maximum Gasteiger partial charge on any atom is 0.334 e. The van der Waals surface area contributed by atoms with Gasteiger partial charge in [-0.25, -0.2) is 9.69 Å². The molecule has 154 valence electrons. The van der Waals surface area contributed by atoms with Gasteiger partial charge in [0.05, 0.1) is 0 Å². The zero-order valence-corrected chi connectivity index (χ0v) is 16.4. The molecule has 0 spiro atoms. The van der Waals surface area contributed by atoms with Crippen molar-refractivity contribution < 1.29 is 24.0 Å². The second-order valence-electron chi connectivity index (χ2n) is 7.48. The Morgan fingerprint density at radius 1 is 0.966 bits per heavy atom. The number of carbonyl (C=O) groups excluding carboxylic acids is 5. The van der Waals surface area contributed by atoms with Crippen molar-refractivity contribution in [2.24, 2.45) is 5.92 Å². The van der Waals surface area contributed by atoms with Crippen molar-refractivity contribution in [2.45, 2.75) is 45.6 Å². The summed E-state index contributed by atoms with van der Waals surface area (Å²) in [6, 6.07) is 5.35. The summed E-state index contributed by atoms with van der Waals surface area (Å²) in [6.07, 6.45) is 3.50. The molecular formula is C20H24N4O5. The first-order valence-corrected chi connectivity index (χ1v) is 9.64. The third kappa shape index (κ3) is 4.44. The quantitative estimate of drug-likeness (QED) is 0.579. The Morgan fingerprint density at radius 3 is 2.14 bits per heavy atom. The molecule has 1 heterocycles. The summed E-state index contributed by atoms with van der Waals surface area (Å²) in [5.41, 5.74) is 1.01. The van der Waals surface area contributed by atoms with Gasteiger partial charge in [0.15, 0.2) is 0 Å². The van der Waals surface area contributed by atoms with Crippen molar-refractivity contribution in [3.05, 3.63) is 24.3 Å². The molecule has 1 aliphatic heterocycles. The largest absolute Gasteiger partial charge is 0.334 e. The van der Waals surface area contributed by atoms with Gasteiger partial charge in [0.1, 0.15) is 6.54 Å². The van der Waals surface area contributed by atoms with Crippen LogP contribution in [0.4, 0.5) is 16.2 Å². The van der Waals surface area contributed by atoms with Gasteiger partial charge in [-0.05, 0) is 43.0 Å². The fourth-order valence-corrected chi connectivity index (χ4v) is 3.82. The van der Waals surface area contributed by atoms with Crippen molar-refractivity contribution >= 4 is 41.0 Å². The van der Waals surface area contributed by atoms with Crippen molar-refractivity contribution in [3.8, 4) is 0 Å². The minimum atomic E-state index is -0.969. The van der Waals surface area contributed by atoms with Gasteiger partial charge in [-0.15, -0.1) is 0 Å². The maximum absolute atomic E-state index is 12.7. The molecule has 29 heavy (non-hydrogen) atoms. The summed E-state index contributed by atoms with van der Waals surface area (Å²) < 4.78 is 0. The van der Waals surface area contributed by atoms with Crippen LogP contribution in [0.2, 0.25) is 0 Å². The molecule has 0 unspecified atom stereocenters. The van der Waals surface area contributed by atoms with Crippen LogP contribution in [0, 0.1) is 5.92 Å². The molecular weight excluding hydrogens is 376 g/mol. The lowest BCUT2D eigenvalue weighted by Gasteiger charge is -2.34. The summed E-state index contributed by atoms with van der Waals surface area (Å²) in [7, 11) is 0. The number of imide groups is 2. The van der Waals surface area contributed by atoms with E-state index >= 15 is 0 Å². The molecule has 1 saturated heterocycles. The van der Waals surface area contributed by atoms with Crippen LogP contribution in [-0.4, -0.2) is 52.0 Å². The minimum Gasteiger partial charge on any atom is -0.326 e. The molecule has 1 saturated carbocycles. The minimum absolute atomic E-state index is 0.125. The number of urea groups is 1. The predicted octanol–water partition coefficient (Wildman–Crippen LogP) is 1.95. The lowest BCUT2D eigenvalue weighted by atomic mass is 9.85.